The lowest BCUT2D eigenvalue weighted by Gasteiger charge is -2.33. The quantitative estimate of drug-likeness (QED) is 0.888. The normalized spacial score (nSPS) is 20.3. The fourth-order valence-electron chi connectivity index (χ4n) is 2.26. The summed E-state index contributed by atoms with van der Waals surface area (Å²) in [6, 6.07) is 6.31. The predicted molar refractivity (Wildman–Crippen MR) is 73.7 cm³/mol. The first-order valence-electron chi connectivity index (χ1n) is 6.51. The Morgan fingerprint density at radius 2 is 2.37 bits per heavy atom. The number of hydrogen-bond acceptors (Lipinski definition) is 3. The van der Waals surface area contributed by atoms with Gasteiger partial charge < -0.3 is 15.1 Å². The van der Waals surface area contributed by atoms with Crippen molar-refractivity contribution in [3.05, 3.63) is 30.1 Å². The van der Waals surface area contributed by atoms with E-state index in [1.165, 1.54) is 17.0 Å². The van der Waals surface area contributed by atoms with Crippen molar-refractivity contribution < 1.29 is 9.18 Å². The fourth-order valence-corrected chi connectivity index (χ4v) is 2.26. The Morgan fingerprint density at radius 1 is 1.58 bits per heavy atom. The highest BCUT2D eigenvalue weighted by molar-refractivity contribution is 5.93. The molecule has 1 fully saturated rings. The monoisotopic (exact) mass is 265 g/mol. The average Bonchev–Trinajstić information content (AvgIpc) is 2.40. The van der Waals surface area contributed by atoms with Gasteiger partial charge in [0.15, 0.2) is 0 Å². The second-order valence-electron chi connectivity index (χ2n) is 4.98. The molecule has 1 unspecified atom stereocenters. The van der Waals surface area contributed by atoms with Crippen LogP contribution in [0.1, 0.15) is 6.42 Å². The lowest BCUT2D eigenvalue weighted by atomic mass is 10.1. The molecular weight excluding hydrogens is 245 g/mol. The first kappa shape index (κ1) is 14.0. The molecule has 1 atom stereocenters. The number of hydrogen-bond donors (Lipinski definition) is 1. The maximum absolute atomic E-state index is 13.2. The molecule has 1 aliphatic rings. The summed E-state index contributed by atoms with van der Waals surface area (Å²) in [4.78, 5) is 15.9. The van der Waals surface area contributed by atoms with E-state index in [9.17, 15) is 9.18 Å². The van der Waals surface area contributed by atoms with E-state index in [1.807, 2.05) is 7.05 Å². The average molecular weight is 265 g/mol. The second kappa shape index (κ2) is 6.12. The smallest absolute Gasteiger partial charge is 0.228 e. The molecule has 1 saturated heterocycles. The zero-order valence-corrected chi connectivity index (χ0v) is 11.4. The van der Waals surface area contributed by atoms with Crippen LogP contribution in [0.5, 0.6) is 0 Å². The Morgan fingerprint density at radius 3 is 3.05 bits per heavy atom. The van der Waals surface area contributed by atoms with Gasteiger partial charge in [-0.05, 0) is 25.2 Å². The van der Waals surface area contributed by atoms with E-state index in [0.717, 1.165) is 19.6 Å². The van der Waals surface area contributed by atoms with Crippen LogP contribution in [0.3, 0.4) is 0 Å². The number of carbonyl (C=O) groups is 1. The number of likely N-dealkylation sites (N-methyl/N-ethyl adjacent to an activating group) is 1. The van der Waals surface area contributed by atoms with Gasteiger partial charge in [-0.3, -0.25) is 4.79 Å². The van der Waals surface area contributed by atoms with E-state index in [-0.39, 0.29) is 17.8 Å². The Labute approximate surface area is 113 Å². The molecule has 1 aromatic carbocycles. The minimum atomic E-state index is -0.325. The van der Waals surface area contributed by atoms with Crippen LogP contribution in [0.15, 0.2) is 24.3 Å². The number of anilines is 1. The summed E-state index contributed by atoms with van der Waals surface area (Å²) in [6.45, 7) is 2.72. The first-order chi connectivity index (χ1) is 9.08. The molecule has 1 aliphatic heterocycles. The first-order valence-corrected chi connectivity index (χ1v) is 6.51. The Kier molecular flexibility index (Phi) is 4.50. The Hall–Kier alpha value is -1.46. The molecule has 0 spiro atoms. The Balaban J connectivity index is 1.99. The summed E-state index contributed by atoms with van der Waals surface area (Å²) in [6.07, 6.45) is 0.441. The highest BCUT2D eigenvalue weighted by Crippen LogP contribution is 2.16. The SMILES string of the molecule is CN(C(=O)CC1CNCCN1C)c1cccc(F)c1. The van der Waals surface area contributed by atoms with E-state index in [4.69, 9.17) is 0 Å². The summed E-state index contributed by atoms with van der Waals surface area (Å²) < 4.78 is 13.2. The third kappa shape index (κ3) is 3.52. The number of rotatable bonds is 3. The van der Waals surface area contributed by atoms with Crippen molar-refractivity contribution in [1.29, 1.82) is 0 Å². The van der Waals surface area contributed by atoms with Crippen LogP contribution in [-0.4, -0.2) is 50.6 Å². The molecule has 0 bridgehead atoms. The van der Waals surface area contributed by atoms with E-state index in [1.54, 1.807) is 19.2 Å². The van der Waals surface area contributed by atoms with Crippen LogP contribution < -0.4 is 10.2 Å². The highest BCUT2D eigenvalue weighted by atomic mass is 19.1. The molecule has 1 heterocycles. The molecule has 2 rings (SSSR count). The predicted octanol–water partition coefficient (Wildman–Crippen LogP) is 1.08. The third-order valence-corrected chi connectivity index (χ3v) is 3.62. The lowest BCUT2D eigenvalue weighted by molar-refractivity contribution is -0.119. The number of benzene rings is 1. The number of nitrogens with one attached hydrogen (secondary N) is 1. The summed E-state index contributed by atoms with van der Waals surface area (Å²) in [5.74, 6) is -0.320. The van der Waals surface area contributed by atoms with Gasteiger partial charge >= 0.3 is 0 Å². The van der Waals surface area contributed by atoms with Crippen LogP contribution in [0.4, 0.5) is 10.1 Å². The lowest BCUT2D eigenvalue weighted by Crippen LogP contribution is -2.51. The molecule has 104 valence electrons. The van der Waals surface area contributed by atoms with Gasteiger partial charge in [0, 0.05) is 44.8 Å². The van der Waals surface area contributed by atoms with Crippen molar-refractivity contribution in [3.63, 3.8) is 0 Å². The summed E-state index contributed by atoms with van der Waals surface area (Å²) in [7, 11) is 3.72. The number of carbonyl (C=O) groups excluding carboxylic acids is 1. The van der Waals surface area contributed by atoms with Gasteiger partial charge in [-0.2, -0.15) is 0 Å². The fraction of sp³-hybridized carbons (Fsp3) is 0.500. The molecule has 1 aromatic rings. The molecule has 1 N–H and O–H groups in total. The van der Waals surface area contributed by atoms with E-state index in [2.05, 4.69) is 10.2 Å². The van der Waals surface area contributed by atoms with Crippen molar-refractivity contribution in [3.8, 4) is 0 Å². The minimum Gasteiger partial charge on any atom is -0.315 e. The molecule has 4 nitrogen and oxygen atoms in total. The van der Waals surface area contributed by atoms with Crippen molar-refractivity contribution in [1.82, 2.24) is 10.2 Å². The molecule has 5 heteroatoms. The molecule has 0 radical (unpaired) electrons. The summed E-state index contributed by atoms with van der Waals surface area (Å²) in [5, 5.41) is 3.29. The number of halogens is 1. The van der Waals surface area contributed by atoms with Crippen LogP contribution in [0.25, 0.3) is 0 Å². The van der Waals surface area contributed by atoms with Gasteiger partial charge in [0.1, 0.15) is 5.82 Å². The maximum Gasteiger partial charge on any atom is 0.228 e. The molecule has 1 amide bonds. The summed E-state index contributed by atoms with van der Waals surface area (Å²) in [5.41, 5.74) is 0.594. The second-order valence-corrected chi connectivity index (χ2v) is 4.98. The van der Waals surface area contributed by atoms with Crippen molar-refractivity contribution in [2.45, 2.75) is 12.5 Å². The number of amides is 1. The van der Waals surface area contributed by atoms with E-state index < -0.39 is 0 Å². The Bertz CT molecular complexity index is 452. The minimum absolute atomic E-state index is 0.00569. The zero-order chi connectivity index (χ0) is 13.8. The van der Waals surface area contributed by atoms with Gasteiger partial charge in [0.2, 0.25) is 5.91 Å². The molecule has 0 aliphatic carbocycles. The van der Waals surface area contributed by atoms with Crippen LogP contribution in [0.2, 0.25) is 0 Å². The molecule has 0 saturated carbocycles. The molecule has 19 heavy (non-hydrogen) atoms. The topological polar surface area (TPSA) is 35.6 Å². The third-order valence-electron chi connectivity index (χ3n) is 3.62. The largest absolute Gasteiger partial charge is 0.315 e. The molecule has 0 aromatic heterocycles. The van der Waals surface area contributed by atoms with Gasteiger partial charge in [-0.25, -0.2) is 4.39 Å². The van der Waals surface area contributed by atoms with Crippen LogP contribution in [0, 0.1) is 5.82 Å². The standard InChI is InChI=1S/C14H20FN3O/c1-17-7-6-16-10-13(17)9-14(19)18(2)12-5-3-4-11(15)8-12/h3-5,8,13,16H,6-7,9-10H2,1-2H3. The molecular formula is C14H20FN3O. The van der Waals surface area contributed by atoms with Crippen molar-refractivity contribution in [2.75, 3.05) is 38.6 Å². The number of nitrogens with zero attached hydrogens (tertiary/aromatic N) is 2. The van der Waals surface area contributed by atoms with Gasteiger partial charge in [0.05, 0.1) is 0 Å². The van der Waals surface area contributed by atoms with Crippen LogP contribution >= 0.6 is 0 Å². The summed E-state index contributed by atoms with van der Waals surface area (Å²) >= 11 is 0. The van der Waals surface area contributed by atoms with Gasteiger partial charge in [0.25, 0.3) is 0 Å². The maximum atomic E-state index is 13.2. The van der Waals surface area contributed by atoms with E-state index >= 15 is 0 Å². The van der Waals surface area contributed by atoms with Crippen molar-refractivity contribution in [2.24, 2.45) is 0 Å². The van der Waals surface area contributed by atoms with E-state index in [0.29, 0.717) is 12.1 Å². The highest BCUT2D eigenvalue weighted by Gasteiger charge is 2.23. The van der Waals surface area contributed by atoms with Crippen molar-refractivity contribution >= 4 is 11.6 Å². The van der Waals surface area contributed by atoms with Gasteiger partial charge in [-0.1, -0.05) is 6.07 Å². The van der Waals surface area contributed by atoms with Crippen LogP contribution in [-0.2, 0) is 4.79 Å². The number of piperazine rings is 1. The van der Waals surface area contributed by atoms with Gasteiger partial charge in [-0.15, -0.1) is 0 Å². The zero-order valence-electron chi connectivity index (χ0n) is 11.4.